The van der Waals surface area contributed by atoms with Gasteiger partial charge in [-0.05, 0) is 6.42 Å². The Hall–Kier alpha value is -1.40. The Balaban J connectivity index is 2.72. The number of nitrogens with two attached hydrogens (primary N) is 1. The Morgan fingerprint density at radius 3 is 2.81 bits per heavy atom. The van der Waals surface area contributed by atoms with Gasteiger partial charge in [0, 0.05) is 18.3 Å². The number of ether oxygens (including phenoxy) is 1. The lowest BCUT2D eigenvalue weighted by Gasteiger charge is -2.06. The fraction of sp³-hybridized carbons (Fsp3) is 0.600. The standard InChI is InChI=1S/C10H17N3O3/c1-2-8-7-13(4-6-16-5-3-11)10(15)12-9(8)14/h7H,2-6,11H2,1H3,(H,12,14,15). The molecule has 1 aromatic heterocycles. The molecular formula is C10H17N3O3. The van der Waals surface area contributed by atoms with Crippen LogP contribution >= 0.6 is 0 Å². The Morgan fingerprint density at radius 1 is 1.44 bits per heavy atom. The molecule has 3 N–H and O–H groups in total. The molecule has 0 aliphatic rings. The number of H-pyrrole nitrogens is 1. The fourth-order valence-corrected chi connectivity index (χ4v) is 1.32. The first kappa shape index (κ1) is 12.7. The first-order valence-corrected chi connectivity index (χ1v) is 5.29. The van der Waals surface area contributed by atoms with Gasteiger partial charge in [0.15, 0.2) is 0 Å². The zero-order valence-electron chi connectivity index (χ0n) is 9.36. The van der Waals surface area contributed by atoms with Crippen molar-refractivity contribution >= 4 is 0 Å². The molecule has 0 amide bonds. The lowest BCUT2D eigenvalue weighted by atomic mass is 10.3. The highest BCUT2D eigenvalue weighted by atomic mass is 16.5. The third-order valence-corrected chi connectivity index (χ3v) is 2.20. The van der Waals surface area contributed by atoms with Crippen LogP contribution in [-0.2, 0) is 17.7 Å². The van der Waals surface area contributed by atoms with Gasteiger partial charge in [-0.25, -0.2) is 4.79 Å². The minimum Gasteiger partial charge on any atom is -0.378 e. The predicted molar refractivity (Wildman–Crippen MR) is 60.6 cm³/mol. The normalized spacial score (nSPS) is 10.6. The fourth-order valence-electron chi connectivity index (χ4n) is 1.32. The summed E-state index contributed by atoms with van der Waals surface area (Å²) < 4.78 is 6.61. The van der Waals surface area contributed by atoms with Crippen LogP contribution in [0, 0.1) is 0 Å². The largest absolute Gasteiger partial charge is 0.378 e. The molecule has 0 saturated heterocycles. The van der Waals surface area contributed by atoms with Crippen molar-refractivity contribution in [3.63, 3.8) is 0 Å². The molecule has 90 valence electrons. The first-order valence-electron chi connectivity index (χ1n) is 5.29. The minimum atomic E-state index is -0.404. The second-order valence-corrected chi connectivity index (χ2v) is 3.36. The third kappa shape index (κ3) is 3.32. The van der Waals surface area contributed by atoms with Gasteiger partial charge in [0.2, 0.25) is 0 Å². The molecule has 0 atom stereocenters. The lowest BCUT2D eigenvalue weighted by Crippen LogP contribution is -2.32. The molecule has 6 nitrogen and oxygen atoms in total. The topological polar surface area (TPSA) is 90.1 Å². The molecule has 0 bridgehead atoms. The van der Waals surface area contributed by atoms with Gasteiger partial charge in [-0.2, -0.15) is 0 Å². The van der Waals surface area contributed by atoms with Gasteiger partial charge in [-0.3, -0.25) is 14.3 Å². The molecule has 1 aromatic rings. The summed E-state index contributed by atoms with van der Waals surface area (Å²) in [7, 11) is 0. The number of nitrogens with zero attached hydrogens (tertiary/aromatic N) is 1. The summed E-state index contributed by atoms with van der Waals surface area (Å²) in [5, 5.41) is 0. The van der Waals surface area contributed by atoms with Crippen molar-refractivity contribution in [1.82, 2.24) is 9.55 Å². The SMILES string of the molecule is CCc1cn(CCOCCN)c(=O)[nH]c1=O. The molecule has 0 saturated carbocycles. The van der Waals surface area contributed by atoms with Gasteiger partial charge in [0.1, 0.15) is 0 Å². The van der Waals surface area contributed by atoms with Gasteiger partial charge in [-0.15, -0.1) is 0 Å². The van der Waals surface area contributed by atoms with Crippen LogP contribution in [0.3, 0.4) is 0 Å². The highest BCUT2D eigenvalue weighted by molar-refractivity contribution is 5.03. The van der Waals surface area contributed by atoms with E-state index in [0.717, 1.165) is 0 Å². The van der Waals surface area contributed by atoms with E-state index in [4.69, 9.17) is 10.5 Å². The quantitative estimate of drug-likeness (QED) is 0.615. The number of aromatic amines is 1. The average Bonchev–Trinajstić information content (AvgIpc) is 2.27. The van der Waals surface area contributed by atoms with Crippen molar-refractivity contribution in [1.29, 1.82) is 0 Å². The number of rotatable bonds is 6. The molecule has 1 heterocycles. The van der Waals surface area contributed by atoms with E-state index in [1.807, 2.05) is 6.92 Å². The van der Waals surface area contributed by atoms with Crippen LogP contribution in [0.25, 0.3) is 0 Å². The van der Waals surface area contributed by atoms with Crippen LogP contribution in [0.4, 0.5) is 0 Å². The summed E-state index contributed by atoms with van der Waals surface area (Å²) in [6.45, 7) is 3.62. The van der Waals surface area contributed by atoms with E-state index in [-0.39, 0.29) is 5.56 Å². The maximum Gasteiger partial charge on any atom is 0.328 e. The van der Waals surface area contributed by atoms with Gasteiger partial charge in [0.25, 0.3) is 5.56 Å². The summed E-state index contributed by atoms with van der Waals surface area (Å²) in [5.41, 5.74) is 5.14. The van der Waals surface area contributed by atoms with Crippen molar-refractivity contribution in [3.8, 4) is 0 Å². The van der Waals surface area contributed by atoms with Crippen molar-refractivity contribution < 1.29 is 4.74 Å². The molecule has 0 unspecified atom stereocenters. The molecule has 16 heavy (non-hydrogen) atoms. The number of hydrogen-bond donors (Lipinski definition) is 2. The summed E-state index contributed by atoms with van der Waals surface area (Å²) in [4.78, 5) is 25.0. The smallest absolute Gasteiger partial charge is 0.328 e. The van der Waals surface area contributed by atoms with Crippen molar-refractivity contribution in [2.45, 2.75) is 19.9 Å². The van der Waals surface area contributed by atoms with Gasteiger partial charge in [-0.1, -0.05) is 6.92 Å². The summed E-state index contributed by atoms with van der Waals surface area (Å²) >= 11 is 0. The molecule has 1 rings (SSSR count). The number of hydrogen-bond acceptors (Lipinski definition) is 4. The second kappa shape index (κ2) is 6.24. The molecule has 0 radical (unpaired) electrons. The average molecular weight is 227 g/mol. The number of nitrogens with one attached hydrogen (secondary N) is 1. The van der Waals surface area contributed by atoms with E-state index in [0.29, 0.717) is 38.3 Å². The summed E-state index contributed by atoms with van der Waals surface area (Å²) in [5.74, 6) is 0. The van der Waals surface area contributed by atoms with Crippen molar-refractivity contribution in [3.05, 3.63) is 32.6 Å². The minimum absolute atomic E-state index is 0.313. The van der Waals surface area contributed by atoms with E-state index in [9.17, 15) is 9.59 Å². The lowest BCUT2D eigenvalue weighted by molar-refractivity contribution is 0.132. The highest BCUT2D eigenvalue weighted by Crippen LogP contribution is 1.89. The Bertz CT molecular complexity index is 436. The van der Waals surface area contributed by atoms with Crippen LogP contribution < -0.4 is 17.0 Å². The van der Waals surface area contributed by atoms with E-state index in [1.165, 1.54) is 4.57 Å². The molecule has 0 aliphatic carbocycles. The summed E-state index contributed by atoms with van der Waals surface area (Å²) in [6, 6.07) is 0. The Kier molecular flexibility index (Phi) is 4.94. The van der Waals surface area contributed by atoms with Crippen LogP contribution in [-0.4, -0.2) is 29.3 Å². The summed E-state index contributed by atoms with van der Waals surface area (Å²) in [6.07, 6.45) is 2.17. The van der Waals surface area contributed by atoms with Gasteiger partial charge < -0.3 is 10.5 Å². The maximum atomic E-state index is 11.4. The van der Waals surface area contributed by atoms with Crippen molar-refractivity contribution in [2.75, 3.05) is 19.8 Å². The zero-order chi connectivity index (χ0) is 12.0. The number of aromatic nitrogens is 2. The molecule has 0 aromatic carbocycles. The van der Waals surface area contributed by atoms with Gasteiger partial charge in [0.05, 0.1) is 19.8 Å². The van der Waals surface area contributed by atoms with E-state index < -0.39 is 5.69 Å². The zero-order valence-corrected chi connectivity index (χ0v) is 9.36. The van der Waals surface area contributed by atoms with Gasteiger partial charge >= 0.3 is 5.69 Å². The Labute approximate surface area is 93.0 Å². The van der Waals surface area contributed by atoms with Crippen LogP contribution in [0.15, 0.2) is 15.8 Å². The van der Waals surface area contributed by atoms with E-state index in [2.05, 4.69) is 4.98 Å². The number of aryl methyl sites for hydroxylation is 1. The monoisotopic (exact) mass is 227 g/mol. The van der Waals surface area contributed by atoms with Crippen LogP contribution in [0.2, 0.25) is 0 Å². The predicted octanol–water partition coefficient (Wildman–Crippen LogP) is -0.926. The van der Waals surface area contributed by atoms with E-state index >= 15 is 0 Å². The molecular weight excluding hydrogens is 210 g/mol. The maximum absolute atomic E-state index is 11.4. The first-order chi connectivity index (χ1) is 7.69. The van der Waals surface area contributed by atoms with Crippen LogP contribution in [0.1, 0.15) is 12.5 Å². The molecule has 0 fully saturated rings. The molecule has 0 aliphatic heterocycles. The second-order valence-electron chi connectivity index (χ2n) is 3.36. The third-order valence-electron chi connectivity index (χ3n) is 2.20. The van der Waals surface area contributed by atoms with E-state index in [1.54, 1.807) is 6.20 Å². The Morgan fingerprint density at radius 2 is 2.19 bits per heavy atom. The van der Waals surface area contributed by atoms with Crippen molar-refractivity contribution in [2.24, 2.45) is 5.73 Å². The van der Waals surface area contributed by atoms with Crippen LogP contribution in [0.5, 0.6) is 0 Å². The molecule has 0 spiro atoms. The molecule has 6 heteroatoms. The highest BCUT2D eigenvalue weighted by Gasteiger charge is 2.02.